The van der Waals surface area contributed by atoms with Crippen molar-refractivity contribution in [1.29, 1.82) is 0 Å². The lowest BCUT2D eigenvalue weighted by molar-refractivity contribution is -0.385. The second-order valence-electron chi connectivity index (χ2n) is 6.81. The van der Waals surface area contributed by atoms with E-state index in [4.69, 9.17) is 4.74 Å². The van der Waals surface area contributed by atoms with E-state index in [-0.39, 0.29) is 29.5 Å². The molecular formula is C20H16F6N2O6. The van der Waals surface area contributed by atoms with E-state index in [0.717, 1.165) is 13.2 Å². The smallest absolute Gasteiger partial charge is 0.416 e. The Morgan fingerprint density at radius 1 is 1.00 bits per heavy atom. The summed E-state index contributed by atoms with van der Waals surface area (Å²) in [5.74, 6) is -2.61. The van der Waals surface area contributed by atoms with Crippen molar-refractivity contribution in [3.05, 3.63) is 68.8 Å². The summed E-state index contributed by atoms with van der Waals surface area (Å²) in [6, 6.07) is 2.24. The van der Waals surface area contributed by atoms with Crippen LogP contribution in [0.3, 0.4) is 0 Å². The van der Waals surface area contributed by atoms with Crippen LogP contribution >= 0.6 is 0 Å². The van der Waals surface area contributed by atoms with Crippen molar-refractivity contribution in [3.8, 4) is 5.75 Å². The van der Waals surface area contributed by atoms with Gasteiger partial charge in [0.25, 0.3) is 5.91 Å². The van der Waals surface area contributed by atoms with Crippen LogP contribution in [0, 0.1) is 10.1 Å². The number of carbonyl (C=O) groups excluding carboxylic acids is 2. The molecule has 0 aliphatic rings. The molecule has 1 atom stereocenters. The number of esters is 1. The minimum absolute atomic E-state index is 0.101. The minimum Gasteiger partial charge on any atom is -0.490 e. The van der Waals surface area contributed by atoms with Gasteiger partial charge in [0.2, 0.25) is 0 Å². The third-order valence-corrected chi connectivity index (χ3v) is 4.52. The van der Waals surface area contributed by atoms with Gasteiger partial charge in [-0.3, -0.25) is 14.9 Å². The first kappa shape index (κ1) is 26.4. The van der Waals surface area contributed by atoms with Crippen LogP contribution in [0.1, 0.15) is 27.0 Å². The topological polar surface area (TPSA) is 108 Å². The first-order valence-corrected chi connectivity index (χ1v) is 9.16. The van der Waals surface area contributed by atoms with Gasteiger partial charge in [-0.05, 0) is 29.8 Å². The molecule has 0 spiro atoms. The number of benzene rings is 2. The van der Waals surface area contributed by atoms with Crippen molar-refractivity contribution < 1.29 is 50.3 Å². The summed E-state index contributed by atoms with van der Waals surface area (Å²) in [7, 11) is 2.12. The summed E-state index contributed by atoms with van der Waals surface area (Å²) in [5.41, 5.74) is -4.77. The van der Waals surface area contributed by atoms with E-state index in [0.29, 0.717) is 0 Å². The predicted molar refractivity (Wildman–Crippen MR) is 103 cm³/mol. The van der Waals surface area contributed by atoms with Gasteiger partial charge < -0.3 is 14.8 Å². The molecule has 8 nitrogen and oxygen atoms in total. The highest BCUT2D eigenvalue weighted by Gasteiger charge is 2.38. The van der Waals surface area contributed by atoms with Gasteiger partial charge in [0, 0.05) is 18.1 Å². The molecule has 0 aliphatic heterocycles. The van der Waals surface area contributed by atoms with Gasteiger partial charge in [-0.1, -0.05) is 6.07 Å². The lowest BCUT2D eigenvalue weighted by atomic mass is 10.0. The fourth-order valence-electron chi connectivity index (χ4n) is 2.90. The van der Waals surface area contributed by atoms with Crippen molar-refractivity contribution in [2.75, 3.05) is 14.2 Å². The molecule has 2 aromatic rings. The number of nitrogens with one attached hydrogen (secondary N) is 1. The summed E-state index contributed by atoms with van der Waals surface area (Å²) in [4.78, 5) is 35.0. The number of hydrogen-bond donors (Lipinski definition) is 1. The molecular weight excluding hydrogens is 478 g/mol. The highest BCUT2D eigenvalue weighted by Crippen LogP contribution is 2.36. The van der Waals surface area contributed by atoms with Gasteiger partial charge in [0.15, 0.2) is 5.75 Å². The first-order chi connectivity index (χ1) is 15.7. The number of ether oxygens (including phenoxy) is 2. The molecule has 0 aliphatic carbocycles. The Bertz CT molecular complexity index is 1070. The highest BCUT2D eigenvalue weighted by molar-refractivity contribution is 5.97. The quantitative estimate of drug-likeness (QED) is 0.268. The molecule has 0 saturated carbocycles. The van der Waals surface area contributed by atoms with Crippen LogP contribution in [0.5, 0.6) is 5.75 Å². The lowest BCUT2D eigenvalue weighted by Crippen LogP contribution is -2.43. The van der Waals surface area contributed by atoms with Crippen molar-refractivity contribution in [2.45, 2.75) is 24.8 Å². The standard InChI is InChI=1S/C20H16F6N2O6/c1-33-16-4-3-10(6-15(16)28(31)32)5-14(18(30)34-2)27-17(29)11-7-12(19(21,22)23)9-13(8-11)20(24,25)26/h3-4,6-9,14H,5H2,1-2H3,(H,27,29)/t14-/m1/s1. The molecule has 0 radical (unpaired) electrons. The second kappa shape index (κ2) is 9.97. The average Bonchev–Trinajstić information content (AvgIpc) is 2.76. The van der Waals surface area contributed by atoms with Crippen LogP contribution in [-0.4, -0.2) is 37.1 Å². The minimum atomic E-state index is -5.18. The molecule has 0 bridgehead atoms. The maximum absolute atomic E-state index is 13.1. The predicted octanol–water partition coefficient (Wildman–Crippen LogP) is 4.16. The summed E-state index contributed by atoms with van der Waals surface area (Å²) >= 11 is 0. The number of nitro benzene ring substituents is 1. The van der Waals surface area contributed by atoms with Gasteiger partial charge in [-0.2, -0.15) is 26.3 Å². The molecule has 2 rings (SSSR count). The van der Waals surface area contributed by atoms with Gasteiger partial charge in [0.05, 0.1) is 30.3 Å². The summed E-state index contributed by atoms with van der Waals surface area (Å²) in [6.45, 7) is 0. The Balaban J connectivity index is 2.41. The van der Waals surface area contributed by atoms with Crippen LogP contribution in [0.15, 0.2) is 36.4 Å². The Kier molecular flexibility index (Phi) is 7.74. The summed E-state index contributed by atoms with van der Waals surface area (Å²) in [5, 5.41) is 13.2. The van der Waals surface area contributed by atoms with E-state index in [2.05, 4.69) is 4.74 Å². The van der Waals surface area contributed by atoms with Crippen molar-refractivity contribution >= 4 is 17.6 Å². The van der Waals surface area contributed by atoms with Crippen molar-refractivity contribution in [3.63, 3.8) is 0 Å². The lowest BCUT2D eigenvalue weighted by Gasteiger charge is -2.18. The molecule has 0 unspecified atom stereocenters. The maximum atomic E-state index is 13.1. The van der Waals surface area contributed by atoms with E-state index in [1.54, 1.807) is 0 Å². The molecule has 14 heteroatoms. The maximum Gasteiger partial charge on any atom is 0.416 e. The molecule has 0 heterocycles. The number of halogens is 6. The molecule has 2 aromatic carbocycles. The van der Waals surface area contributed by atoms with Crippen LogP contribution < -0.4 is 10.1 Å². The Labute approximate surface area is 187 Å². The van der Waals surface area contributed by atoms with E-state index in [1.165, 1.54) is 19.2 Å². The summed E-state index contributed by atoms with van der Waals surface area (Å²) in [6.07, 6.45) is -10.8. The second-order valence-corrected chi connectivity index (χ2v) is 6.81. The van der Waals surface area contributed by atoms with Crippen LogP contribution in [0.25, 0.3) is 0 Å². The highest BCUT2D eigenvalue weighted by atomic mass is 19.4. The van der Waals surface area contributed by atoms with E-state index in [9.17, 15) is 46.0 Å². The SMILES string of the molecule is COC(=O)[C@@H](Cc1ccc(OC)c([N+](=O)[O-])c1)NC(=O)c1cc(C(F)(F)F)cc(C(F)(F)F)c1. The molecule has 1 amide bonds. The van der Waals surface area contributed by atoms with Crippen molar-refractivity contribution in [1.82, 2.24) is 5.32 Å². The Morgan fingerprint density at radius 2 is 1.56 bits per heavy atom. The molecule has 34 heavy (non-hydrogen) atoms. The average molecular weight is 494 g/mol. The molecule has 0 saturated heterocycles. The Hall–Kier alpha value is -3.84. The van der Waals surface area contributed by atoms with Gasteiger partial charge in [-0.15, -0.1) is 0 Å². The van der Waals surface area contributed by atoms with Crippen LogP contribution in [0.2, 0.25) is 0 Å². The van der Waals surface area contributed by atoms with Crippen LogP contribution in [-0.2, 0) is 28.3 Å². The number of methoxy groups -OCH3 is 2. The fourth-order valence-corrected chi connectivity index (χ4v) is 2.90. The number of alkyl halides is 6. The first-order valence-electron chi connectivity index (χ1n) is 9.16. The number of carbonyl (C=O) groups is 2. The largest absolute Gasteiger partial charge is 0.490 e. The molecule has 0 fully saturated rings. The number of hydrogen-bond acceptors (Lipinski definition) is 6. The zero-order chi connectivity index (χ0) is 25.8. The normalized spacial score (nSPS) is 12.6. The number of nitrogens with zero attached hydrogens (tertiary/aromatic N) is 1. The van der Waals surface area contributed by atoms with Gasteiger partial charge in [-0.25, -0.2) is 4.79 Å². The van der Waals surface area contributed by atoms with E-state index < -0.39 is 64.0 Å². The molecule has 184 valence electrons. The number of nitro groups is 1. The van der Waals surface area contributed by atoms with Gasteiger partial charge >= 0.3 is 24.0 Å². The zero-order valence-corrected chi connectivity index (χ0v) is 17.4. The zero-order valence-electron chi connectivity index (χ0n) is 17.4. The number of amides is 1. The number of rotatable bonds is 7. The monoisotopic (exact) mass is 494 g/mol. The molecule has 1 N–H and O–H groups in total. The van der Waals surface area contributed by atoms with E-state index in [1.807, 2.05) is 5.32 Å². The van der Waals surface area contributed by atoms with Gasteiger partial charge in [0.1, 0.15) is 6.04 Å². The third-order valence-electron chi connectivity index (χ3n) is 4.52. The molecule has 0 aromatic heterocycles. The summed E-state index contributed by atoms with van der Waals surface area (Å²) < 4.78 is 87.7. The Morgan fingerprint density at radius 3 is 2.00 bits per heavy atom. The fraction of sp³-hybridized carbons (Fsp3) is 0.300. The van der Waals surface area contributed by atoms with E-state index >= 15 is 0 Å². The third kappa shape index (κ3) is 6.36. The van der Waals surface area contributed by atoms with Crippen molar-refractivity contribution in [2.24, 2.45) is 0 Å². The van der Waals surface area contributed by atoms with Crippen LogP contribution in [0.4, 0.5) is 32.0 Å².